The van der Waals surface area contributed by atoms with Crippen molar-refractivity contribution in [3.05, 3.63) is 33.3 Å². The minimum atomic E-state index is -4.56. The van der Waals surface area contributed by atoms with Crippen LogP contribution in [0.2, 0.25) is 10.0 Å². The lowest BCUT2D eigenvalue weighted by Gasteiger charge is -2.12. The zero-order valence-electron chi connectivity index (χ0n) is 7.41. The summed E-state index contributed by atoms with van der Waals surface area (Å²) in [6.07, 6.45) is -3.17. The maximum absolute atomic E-state index is 12.3. The quantitative estimate of drug-likeness (QED) is 0.738. The Balaban J connectivity index is 3.33. The number of halogens is 6. The van der Waals surface area contributed by atoms with E-state index in [4.69, 9.17) is 34.8 Å². The molecule has 7 heteroatoms. The van der Waals surface area contributed by atoms with E-state index < -0.39 is 17.1 Å². The molecule has 0 saturated heterocycles. The molecule has 1 atom stereocenters. The summed E-state index contributed by atoms with van der Waals surface area (Å²) in [5.41, 5.74) is -1.07. The maximum atomic E-state index is 12.3. The molecule has 0 heterocycles. The number of carbonyl (C=O) groups excluding carboxylic acids is 1. The van der Waals surface area contributed by atoms with E-state index in [-0.39, 0.29) is 15.6 Å². The molecular formula is C9H3Cl3F3O. The van der Waals surface area contributed by atoms with Gasteiger partial charge in [-0.3, -0.25) is 4.79 Å². The molecule has 0 aliphatic heterocycles. The van der Waals surface area contributed by atoms with Crippen molar-refractivity contribution in [3.8, 4) is 0 Å². The molecule has 1 unspecified atom stereocenters. The summed E-state index contributed by atoms with van der Waals surface area (Å²) >= 11 is 16.6. The molecule has 1 aromatic carbocycles. The molecule has 0 saturated carbocycles. The highest BCUT2D eigenvalue weighted by molar-refractivity contribution is 6.39. The monoisotopic (exact) mass is 289 g/mol. The van der Waals surface area contributed by atoms with Crippen LogP contribution in [-0.2, 0) is 11.0 Å². The minimum Gasteiger partial charge on any atom is -0.289 e. The average Bonchev–Trinajstić information content (AvgIpc) is 2.14. The number of alkyl halides is 4. The Bertz CT molecular complexity index is 394. The fraction of sp³-hybridized carbons (Fsp3) is 0.222. The summed E-state index contributed by atoms with van der Waals surface area (Å²) in [4.78, 5) is 10.3. The molecule has 0 spiro atoms. The number of benzene rings is 1. The maximum Gasteiger partial charge on any atom is 0.416 e. The standard InChI is InChI=1S/C9H3Cl3F3O/c10-5-1-4(9(13,14)15)2-6(11)8(5)7(12)3-16/h1-2,7H. The van der Waals surface area contributed by atoms with Gasteiger partial charge in [0.25, 0.3) is 0 Å². The fourth-order valence-corrected chi connectivity index (χ4v) is 2.10. The van der Waals surface area contributed by atoms with Gasteiger partial charge in [0.15, 0.2) is 0 Å². The molecular weight excluding hydrogens is 287 g/mol. The second-order valence-electron chi connectivity index (χ2n) is 2.83. The van der Waals surface area contributed by atoms with Crippen LogP contribution in [0.4, 0.5) is 13.2 Å². The Labute approximate surface area is 104 Å². The normalized spacial score (nSPS) is 13.6. The summed E-state index contributed by atoms with van der Waals surface area (Å²) in [6.45, 7) is 0. The summed E-state index contributed by atoms with van der Waals surface area (Å²) in [6, 6.07) is 1.32. The van der Waals surface area contributed by atoms with E-state index in [0.29, 0.717) is 12.1 Å². The molecule has 1 radical (unpaired) electrons. The van der Waals surface area contributed by atoms with Crippen LogP contribution < -0.4 is 0 Å². The second kappa shape index (κ2) is 4.82. The molecule has 1 aromatic rings. The SMILES string of the molecule is O=[C]C(Cl)c1c(Cl)cc(C(F)(F)F)cc1Cl. The smallest absolute Gasteiger partial charge is 0.289 e. The topological polar surface area (TPSA) is 17.1 Å². The van der Waals surface area contributed by atoms with Crippen LogP contribution in [0.15, 0.2) is 12.1 Å². The molecule has 16 heavy (non-hydrogen) atoms. The van der Waals surface area contributed by atoms with Crippen LogP contribution in [0, 0.1) is 0 Å². The fourth-order valence-electron chi connectivity index (χ4n) is 1.05. The first kappa shape index (κ1) is 13.6. The number of hydrogen-bond donors (Lipinski definition) is 0. The molecule has 0 aliphatic carbocycles. The Kier molecular flexibility index (Phi) is 4.10. The Morgan fingerprint density at radius 2 is 1.62 bits per heavy atom. The van der Waals surface area contributed by atoms with Crippen molar-refractivity contribution in [1.29, 1.82) is 0 Å². The predicted octanol–water partition coefficient (Wildman–Crippen LogP) is 4.40. The molecule has 87 valence electrons. The highest BCUT2D eigenvalue weighted by Crippen LogP contribution is 2.39. The molecule has 1 nitrogen and oxygen atoms in total. The zero-order chi connectivity index (χ0) is 12.5. The van der Waals surface area contributed by atoms with Crippen molar-refractivity contribution in [1.82, 2.24) is 0 Å². The molecule has 0 fully saturated rings. The Hall–Kier alpha value is -0.450. The lowest BCUT2D eigenvalue weighted by molar-refractivity contribution is -0.137. The first-order valence-corrected chi connectivity index (χ1v) is 5.04. The third-order valence-corrected chi connectivity index (χ3v) is 2.70. The molecule has 0 bridgehead atoms. The molecule has 0 aliphatic rings. The van der Waals surface area contributed by atoms with Crippen LogP contribution >= 0.6 is 34.8 Å². The average molecular weight is 290 g/mol. The van der Waals surface area contributed by atoms with E-state index in [9.17, 15) is 18.0 Å². The first-order chi connectivity index (χ1) is 7.27. The summed E-state index contributed by atoms with van der Waals surface area (Å²) in [5.74, 6) is 0. The number of rotatable bonds is 2. The van der Waals surface area contributed by atoms with Gasteiger partial charge in [-0.05, 0) is 12.1 Å². The van der Waals surface area contributed by atoms with Crippen molar-refractivity contribution < 1.29 is 18.0 Å². The van der Waals surface area contributed by atoms with E-state index in [0.717, 1.165) is 0 Å². The lowest BCUT2D eigenvalue weighted by atomic mass is 10.1. The second-order valence-corrected chi connectivity index (χ2v) is 4.08. The van der Waals surface area contributed by atoms with Crippen LogP contribution in [0.5, 0.6) is 0 Å². The molecule has 0 aromatic heterocycles. The molecule has 1 rings (SSSR count). The van der Waals surface area contributed by atoms with Gasteiger partial charge < -0.3 is 0 Å². The third-order valence-electron chi connectivity index (χ3n) is 1.76. The number of hydrogen-bond acceptors (Lipinski definition) is 1. The van der Waals surface area contributed by atoms with E-state index in [1.54, 1.807) is 0 Å². The molecule has 0 amide bonds. The van der Waals surface area contributed by atoms with Gasteiger partial charge in [-0.25, -0.2) is 0 Å². The Morgan fingerprint density at radius 1 is 1.19 bits per heavy atom. The highest BCUT2D eigenvalue weighted by Gasteiger charge is 2.32. The van der Waals surface area contributed by atoms with Gasteiger partial charge in [0.1, 0.15) is 5.38 Å². The van der Waals surface area contributed by atoms with Gasteiger partial charge in [-0.1, -0.05) is 23.2 Å². The van der Waals surface area contributed by atoms with Crippen LogP contribution in [0.3, 0.4) is 0 Å². The first-order valence-electron chi connectivity index (χ1n) is 3.85. The van der Waals surface area contributed by atoms with Crippen molar-refractivity contribution in [3.63, 3.8) is 0 Å². The minimum absolute atomic E-state index is 0.0759. The zero-order valence-corrected chi connectivity index (χ0v) is 9.68. The van der Waals surface area contributed by atoms with E-state index in [1.807, 2.05) is 0 Å². The van der Waals surface area contributed by atoms with Crippen molar-refractivity contribution >= 4 is 41.1 Å². The van der Waals surface area contributed by atoms with Gasteiger partial charge in [-0.15, -0.1) is 11.6 Å². The highest BCUT2D eigenvalue weighted by atomic mass is 35.5. The van der Waals surface area contributed by atoms with Crippen molar-refractivity contribution in [2.45, 2.75) is 11.6 Å². The van der Waals surface area contributed by atoms with Gasteiger partial charge in [0, 0.05) is 15.6 Å². The molecule has 0 N–H and O–H groups in total. The van der Waals surface area contributed by atoms with Crippen LogP contribution in [-0.4, -0.2) is 6.29 Å². The largest absolute Gasteiger partial charge is 0.416 e. The van der Waals surface area contributed by atoms with E-state index in [2.05, 4.69) is 0 Å². The summed E-state index contributed by atoms with van der Waals surface area (Å²) in [7, 11) is 0. The van der Waals surface area contributed by atoms with Gasteiger partial charge in [0.05, 0.1) is 5.56 Å². The van der Waals surface area contributed by atoms with Gasteiger partial charge >= 0.3 is 6.18 Å². The summed E-state index contributed by atoms with van der Waals surface area (Å²) in [5, 5.41) is -1.92. The van der Waals surface area contributed by atoms with Gasteiger partial charge in [-0.2, -0.15) is 13.2 Å². The van der Waals surface area contributed by atoms with Crippen LogP contribution in [0.1, 0.15) is 16.5 Å². The van der Waals surface area contributed by atoms with E-state index in [1.165, 1.54) is 6.29 Å². The Morgan fingerprint density at radius 3 is 1.94 bits per heavy atom. The van der Waals surface area contributed by atoms with E-state index >= 15 is 0 Å². The van der Waals surface area contributed by atoms with Crippen LogP contribution in [0.25, 0.3) is 0 Å². The van der Waals surface area contributed by atoms with Gasteiger partial charge in [0.2, 0.25) is 6.29 Å². The third kappa shape index (κ3) is 2.81. The summed E-state index contributed by atoms with van der Waals surface area (Å²) < 4.78 is 37.0. The predicted molar refractivity (Wildman–Crippen MR) is 55.8 cm³/mol. The van der Waals surface area contributed by atoms with Crippen molar-refractivity contribution in [2.24, 2.45) is 0 Å². The lowest BCUT2D eigenvalue weighted by Crippen LogP contribution is -2.06. The van der Waals surface area contributed by atoms with Crippen molar-refractivity contribution in [2.75, 3.05) is 0 Å².